The molecule has 0 aliphatic carbocycles. The van der Waals surface area contributed by atoms with E-state index in [0.29, 0.717) is 0 Å². The number of methoxy groups -OCH3 is 6. The Morgan fingerprint density at radius 2 is 0.667 bits per heavy atom. The van der Waals surface area contributed by atoms with E-state index >= 15 is 0 Å². The largest absolute Gasteiger partial charge is 0.331 e. The van der Waals surface area contributed by atoms with Gasteiger partial charge in [-0.2, -0.15) is 0 Å². The molecule has 0 fully saturated rings. The lowest BCUT2D eigenvalue weighted by molar-refractivity contribution is -0.355. The van der Waals surface area contributed by atoms with Gasteiger partial charge in [-0.15, -0.1) is 0 Å². The van der Waals surface area contributed by atoms with Crippen molar-refractivity contribution in [3.8, 4) is 23.7 Å². The number of rotatable bonds is 24. The summed E-state index contributed by atoms with van der Waals surface area (Å²) in [5, 5.41) is 0. The van der Waals surface area contributed by atoms with Gasteiger partial charge in [-0.1, -0.05) is 87.9 Å². The third kappa shape index (κ3) is 16.7. The minimum atomic E-state index is -0.885. The van der Waals surface area contributed by atoms with Gasteiger partial charge in [0.15, 0.2) is 0 Å². The molecule has 238 valence electrons. The maximum Gasteiger partial charge on any atom is 0.282 e. The van der Waals surface area contributed by atoms with Gasteiger partial charge in [0.2, 0.25) is 0 Å². The van der Waals surface area contributed by atoms with Crippen LogP contribution in [0, 0.1) is 23.7 Å². The van der Waals surface area contributed by atoms with Crippen LogP contribution in [0.4, 0.5) is 0 Å². The Hall–Kier alpha value is -1.90. The van der Waals surface area contributed by atoms with Gasteiger partial charge in [-0.25, -0.2) is 0 Å². The topological polar surface area (TPSA) is 55.4 Å². The van der Waals surface area contributed by atoms with E-state index in [4.69, 9.17) is 28.4 Å². The van der Waals surface area contributed by atoms with Crippen molar-refractivity contribution in [2.45, 2.75) is 128 Å². The van der Waals surface area contributed by atoms with Crippen molar-refractivity contribution in [1.29, 1.82) is 0 Å². The van der Waals surface area contributed by atoms with Crippen molar-refractivity contribution in [3.63, 3.8) is 0 Å². The molecular weight excluding hydrogens is 528 g/mol. The first-order chi connectivity index (χ1) is 20.5. The van der Waals surface area contributed by atoms with Crippen molar-refractivity contribution in [1.82, 2.24) is 0 Å². The van der Waals surface area contributed by atoms with E-state index < -0.39 is 11.9 Å². The molecule has 1 aromatic carbocycles. The van der Waals surface area contributed by atoms with Gasteiger partial charge in [0.05, 0.1) is 0 Å². The first-order valence-electron chi connectivity index (χ1n) is 15.9. The minimum Gasteiger partial charge on any atom is -0.331 e. The predicted molar refractivity (Wildman–Crippen MR) is 171 cm³/mol. The van der Waals surface area contributed by atoms with E-state index in [0.717, 1.165) is 62.5 Å². The van der Waals surface area contributed by atoms with E-state index in [2.05, 4.69) is 47.9 Å². The molecule has 42 heavy (non-hydrogen) atoms. The number of unbranched alkanes of at least 4 members (excludes halogenated alkanes) is 14. The Morgan fingerprint density at radius 1 is 0.405 bits per heavy atom. The van der Waals surface area contributed by atoms with Gasteiger partial charge in [0, 0.05) is 79.5 Å². The summed E-state index contributed by atoms with van der Waals surface area (Å²) in [5.41, 5.74) is 2.13. The molecule has 0 N–H and O–H groups in total. The lowest BCUT2D eigenvalue weighted by Gasteiger charge is -2.28. The molecule has 6 nitrogen and oxygen atoms in total. The Morgan fingerprint density at radius 3 is 0.952 bits per heavy atom. The first kappa shape index (κ1) is 38.1. The summed E-state index contributed by atoms with van der Waals surface area (Å²) in [5.74, 6) is 11.5. The minimum absolute atomic E-state index is 0.754. The van der Waals surface area contributed by atoms with Gasteiger partial charge >= 0.3 is 0 Å². The van der Waals surface area contributed by atoms with E-state index in [1.807, 2.05) is 0 Å². The SMILES string of the molecule is COC(CCCCCCCCCC#Cc1ccc(C#CCCCCCCCCCC(OC)(OC)OC)cc1)(OC)OC. The standard InChI is InChI=1S/C36H58O6/c1-37-35(38-2,39-3)31-23-19-15-11-7-9-13-17-21-25-33-27-29-34(30-28-33)26-22-18-14-10-8-12-16-20-24-32-36(40-4,41-5)42-6/h27-30H,7-20,23-24,31-32H2,1-6H3. The second-order valence-electron chi connectivity index (χ2n) is 10.7. The second-order valence-corrected chi connectivity index (χ2v) is 10.7. The van der Waals surface area contributed by atoms with E-state index in [9.17, 15) is 0 Å². The van der Waals surface area contributed by atoms with Crippen LogP contribution in [0.2, 0.25) is 0 Å². The molecule has 0 aliphatic heterocycles. The van der Waals surface area contributed by atoms with Crippen LogP contribution in [-0.2, 0) is 28.4 Å². The fourth-order valence-electron chi connectivity index (χ4n) is 4.96. The predicted octanol–water partition coefficient (Wildman–Crippen LogP) is 8.60. The van der Waals surface area contributed by atoms with Gasteiger partial charge < -0.3 is 28.4 Å². The molecule has 0 amide bonds. The van der Waals surface area contributed by atoms with Crippen molar-refractivity contribution < 1.29 is 28.4 Å². The summed E-state index contributed by atoms with van der Waals surface area (Å²) in [6, 6.07) is 8.33. The Bertz CT molecular complexity index is 805. The quantitative estimate of drug-likeness (QED) is 0.0687. The normalized spacial score (nSPS) is 11.6. The Kier molecular flexibility index (Phi) is 22.3. The molecule has 1 rings (SSSR count). The summed E-state index contributed by atoms with van der Waals surface area (Å²) in [7, 11) is 9.72. The van der Waals surface area contributed by atoms with E-state index in [1.54, 1.807) is 42.7 Å². The van der Waals surface area contributed by atoms with Crippen molar-refractivity contribution in [2.75, 3.05) is 42.7 Å². The highest BCUT2D eigenvalue weighted by atomic mass is 16.9. The Labute approximate surface area is 257 Å². The molecule has 0 spiro atoms. The highest BCUT2D eigenvalue weighted by molar-refractivity contribution is 5.41. The number of hydrogen-bond donors (Lipinski definition) is 0. The van der Waals surface area contributed by atoms with Crippen LogP contribution >= 0.6 is 0 Å². The van der Waals surface area contributed by atoms with Gasteiger partial charge in [0.1, 0.15) is 0 Å². The zero-order valence-corrected chi connectivity index (χ0v) is 27.5. The lowest BCUT2D eigenvalue weighted by atomic mass is 10.1. The second kappa shape index (κ2) is 24.5. The van der Waals surface area contributed by atoms with Crippen LogP contribution in [0.1, 0.15) is 127 Å². The summed E-state index contributed by atoms with van der Waals surface area (Å²) < 4.78 is 32.0. The molecule has 0 radical (unpaired) electrons. The van der Waals surface area contributed by atoms with Crippen LogP contribution < -0.4 is 0 Å². The maximum absolute atomic E-state index is 5.34. The van der Waals surface area contributed by atoms with E-state index in [-0.39, 0.29) is 0 Å². The molecule has 0 unspecified atom stereocenters. The van der Waals surface area contributed by atoms with Crippen LogP contribution in [0.25, 0.3) is 0 Å². The Balaban J connectivity index is 2.06. The number of ether oxygens (including phenoxy) is 6. The van der Waals surface area contributed by atoms with Crippen molar-refractivity contribution >= 4 is 0 Å². The van der Waals surface area contributed by atoms with Crippen molar-refractivity contribution in [2.24, 2.45) is 0 Å². The highest BCUT2D eigenvalue weighted by Crippen LogP contribution is 2.22. The summed E-state index contributed by atoms with van der Waals surface area (Å²) >= 11 is 0. The average molecular weight is 587 g/mol. The molecule has 6 heteroatoms. The van der Waals surface area contributed by atoms with Crippen LogP contribution in [0.15, 0.2) is 24.3 Å². The molecule has 0 saturated heterocycles. The molecule has 0 atom stereocenters. The van der Waals surface area contributed by atoms with E-state index in [1.165, 1.54) is 64.2 Å². The summed E-state index contributed by atoms with van der Waals surface area (Å²) in [6.45, 7) is 0. The highest BCUT2D eigenvalue weighted by Gasteiger charge is 2.29. The zero-order valence-electron chi connectivity index (χ0n) is 27.5. The number of benzene rings is 1. The maximum atomic E-state index is 5.34. The van der Waals surface area contributed by atoms with Gasteiger partial charge in [0.25, 0.3) is 11.9 Å². The number of hydrogen-bond acceptors (Lipinski definition) is 6. The smallest absolute Gasteiger partial charge is 0.282 e. The first-order valence-corrected chi connectivity index (χ1v) is 15.9. The molecule has 0 aliphatic rings. The molecule has 1 aromatic rings. The lowest BCUT2D eigenvalue weighted by Crippen LogP contribution is -2.35. The van der Waals surface area contributed by atoms with Crippen LogP contribution in [-0.4, -0.2) is 54.6 Å². The molecule has 0 bridgehead atoms. The van der Waals surface area contributed by atoms with Crippen LogP contribution in [0.3, 0.4) is 0 Å². The summed E-state index contributed by atoms with van der Waals surface area (Å²) in [4.78, 5) is 0. The van der Waals surface area contributed by atoms with Gasteiger partial charge in [-0.3, -0.25) is 0 Å². The molecular formula is C36H58O6. The zero-order chi connectivity index (χ0) is 30.8. The molecule has 0 aromatic heterocycles. The summed E-state index contributed by atoms with van der Waals surface area (Å²) in [6.07, 6.45) is 20.1. The molecule has 0 saturated carbocycles. The third-order valence-corrected chi connectivity index (χ3v) is 7.79. The van der Waals surface area contributed by atoms with Crippen molar-refractivity contribution in [3.05, 3.63) is 35.4 Å². The fraction of sp³-hybridized carbons (Fsp3) is 0.722. The monoisotopic (exact) mass is 586 g/mol. The fourth-order valence-corrected chi connectivity index (χ4v) is 4.96. The van der Waals surface area contributed by atoms with Crippen LogP contribution in [0.5, 0.6) is 0 Å². The third-order valence-electron chi connectivity index (χ3n) is 7.79. The van der Waals surface area contributed by atoms with Gasteiger partial charge in [-0.05, 0) is 49.9 Å². The average Bonchev–Trinajstić information content (AvgIpc) is 3.03. The molecule has 0 heterocycles.